The first-order chi connectivity index (χ1) is 20.4. The van der Waals surface area contributed by atoms with Gasteiger partial charge in [0.25, 0.3) is 5.12 Å². The number of aromatic nitrogens is 1. The van der Waals surface area contributed by atoms with E-state index in [2.05, 4.69) is 15.6 Å². The fourth-order valence-corrected chi connectivity index (χ4v) is 9.11. The molecule has 15 heteroatoms. The third kappa shape index (κ3) is 9.03. The molecule has 44 heavy (non-hydrogen) atoms. The van der Waals surface area contributed by atoms with Gasteiger partial charge in [0.1, 0.15) is 17.2 Å². The van der Waals surface area contributed by atoms with Crippen molar-refractivity contribution in [1.82, 2.24) is 15.6 Å². The summed E-state index contributed by atoms with van der Waals surface area (Å²) in [5.74, 6) is -1.99. The highest BCUT2D eigenvalue weighted by Crippen LogP contribution is 2.53. The molecule has 2 aliphatic heterocycles. The molecule has 0 radical (unpaired) electrons. The minimum atomic E-state index is -2.08. The maximum atomic E-state index is 13.3. The third-order valence-corrected chi connectivity index (χ3v) is 11.8. The number of rotatable bonds is 3. The second-order valence-corrected chi connectivity index (χ2v) is 15.7. The summed E-state index contributed by atoms with van der Waals surface area (Å²) >= 11 is 1.31. The van der Waals surface area contributed by atoms with Crippen molar-refractivity contribution in [3.63, 3.8) is 0 Å². The van der Waals surface area contributed by atoms with Crippen LogP contribution in [0.1, 0.15) is 77.5 Å². The molecule has 0 aromatic carbocycles. The predicted octanol–water partition coefficient (Wildman–Crippen LogP) is 3.45. The van der Waals surface area contributed by atoms with E-state index in [4.69, 9.17) is 9.47 Å². The van der Waals surface area contributed by atoms with Crippen molar-refractivity contribution in [2.24, 2.45) is 0 Å². The molecule has 1 fully saturated rings. The number of carbonyl (C=O) groups excluding carboxylic acids is 5. The van der Waals surface area contributed by atoms with Gasteiger partial charge in [-0.3, -0.25) is 19.2 Å². The van der Waals surface area contributed by atoms with Gasteiger partial charge in [0, 0.05) is 22.0 Å². The molecule has 1 spiro atoms. The summed E-state index contributed by atoms with van der Waals surface area (Å²) < 4.78 is 22.2. The van der Waals surface area contributed by atoms with Crippen molar-refractivity contribution >= 4 is 67.3 Å². The van der Waals surface area contributed by atoms with Crippen molar-refractivity contribution in [1.29, 1.82) is 0 Å². The smallest absolute Gasteiger partial charge is 0.408 e. The average Bonchev–Trinajstić information content (AvgIpc) is 3.44. The number of hydrogen-bond acceptors (Lipinski definition) is 12. The van der Waals surface area contributed by atoms with Crippen LogP contribution in [0.3, 0.4) is 0 Å². The lowest BCUT2D eigenvalue weighted by atomic mass is 9.81. The summed E-state index contributed by atoms with van der Waals surface area (Å²) in [4.78, 5) is 68.0. The molecule has 240 valence electrons. The number of allylic oxidation sites excluding steroid dienone is 3. The van der Waals surface area contributed by atoms with Crippen LogP contribution in [0.15, 0.2) is 35.3 Å². The molecule has 2 aliphatic rings. The number of nitrogens with one attached hydrogen (secondary N) is 2. The molecule has 3 heterocycles. The lowest BCUT2D eigenvalue weighted by molar-refractivity contribution is -0.150. The van der Waals surface area contributed by atoms with Crippen LogP contribution in [0, 0.1) is 0 Å². The Bertz CT molecular complexity index is 1380. The largest absolute Gasteiger partial charge is 0.604 e. The quantitative estimate of drug-likeness (QED) is 0.186. The zero-order chi connectivity index (χ0) is 32.9. The van der Waals surface area contributed by atoms with Gasteiger partial charge in [0.2, 0.25) is 5.91 Å². The number of carbonyl (C=O) groups is 5. The number of esters is 1. The highest BCUT2D eigenvalue weighted by molar-refractivity contribution is 8.79. The van der Waals surface area contributed by atoms with E-state index >= 15 is 0 Å². The molecular formula is C29H37N3O9S3. The number of fused-ring (bicyclic) bond motifs is 2. The Labute approximate surface area is 266 Å². The van der Waals surface area contributed by atoms with Gasteiger partial charge in [-0.2, -0.15) is 0 Å². The normalized spacial score (nSPS) is 31.2. The van der Waals surface area contributed by atoms with Crippen LogP contribution in [0.5, 0.6) is 0 Å². The monoisotopic (exact) mass is 667 g/mol. The van der Waals surface area contributed by atoms with E-state index < -0.39 is 80.1 Å². The van der Waals surface area contributed by atoms with E-state index in [-0.39, 0.29) is 12.8 Å². The van der Waals surface area contributed by atoms with Gasteiger partial charge in [-0.15, -0.1) is 11.3 Å². The summed E-state index contributed by atoms with van der Waals surface area (Å²) in [6.07, 6.45) is 4.78. The third-order valence-electron chi connectivity index (χ3n) is 6.80. The van der Waals surface area contributed by atoms with E-state index in [0.717, 1.165) is 0 Å². The number of nitrogens with zero attached hydrogens (tertiary/aromatic N) is 1. The number of alkyl carbamates (subject to hydrolysis) is 1. The van der Waals surface area contributed by atoms with E-state index in [0.29, 0.717) is 27.1 Å². The lowest BCUT2D eigenvalue weighted by Crippen LogP contribution is -2.56. The van der Waals surface area contributed by atoms with Gasteiger partial charge in [-0.25, -0.2) is 9.78 Å². The first-order valence-electron chi connectivity index (χ1n) is 13.8. The second kappa shape index (κ2) is 14.4. The molecule has 12 nitrogen and oxygen atoms in total. The zero-order valence-corrected chi connectivity index (χ0v) is 27.8. The molecule has 0 saturated carbocycles. The van der Waals surface area contributed by atoms with Crippen molar-refractivity contribution in [2.45, 2.75) is 88.9 Å². The Morgan fingerprint density at radius 3 is 2.57 bits per heavy atom. The Morgan fingerprint density at radius 2 is 1.93 bits per heavy atom. The van der Waals surface area contributed by atoms with E-state index in [1.807, 2.05) is 0 Å². The highest BCUT2D eigenvalue weighted by atomic mass is 33.1. The number of thiazole rings is 1. The average molecular weight is 668 g/mol. The van der Waals surface area contributed by atoms with Crippen LogP contribution in [0.4, 0.5) is 4.79 Å². The highest BCUT2D eigenvalue weighted by Gasteiger charge is 2.69. The first kappa shape index (κ1) is 35.5. The van der Waals surface area contributed by atoms with Crippen LogP contribution < -0.4 is 10.6 Å². The Kier molecular flexibility index (Phi) is 11.6. The Balaban J connectivity index is 1.93. The van der Waals surface area contributed by atoms with Gasteiger partial charge in [-0.1, -0.05) is 17.7 Å². The number of aliphatic hydroxyl groups is 1. The van der Waals surface area contributed by atoms with E-state index in [1.54, 1.807) is 52.2 Å². The Hall–Kier alpha value is -2.98. The number of ether oxygens (including phenoxy) is 2. The fourth-order valence-electron chi connectivity index (χ4n) is 4.37. The molecule has 1 aromatic rings. The van der Waals surface area contributed by atoms with Crippen LogP contribution in [0.2, 0.25) is 0 Å². The van der Waals surface area contributed by atoms with E-state index in [1.165, 1.54) is 36.5 Å². The number of amides is 2. The molecule has 3 unspecified atom stereocenters. The van der Waals surface area contributed by atoms with Gasteiger partial charge < -0.3 is 29.8 Å². The molecule has 3 rings (SSSR count). The predicted molar refractivity (Wildman–Crippen MR) is 168 cm³/mol. The summed E-state index contributed by atoms with van der Waals surface area (Å²) in [5, 5.41) is 18.0. The van der Waals surface area contributed by atoms with Gasteiger partial charge in [0.05, 0.1) is 18.2 Å². The minimum absolute atomic E-state index is 0.0511. The standard InChI is InChI=1S/C29H37N3O9S3/c1-17-11-12-29(28(6,38)25(36)43-44(29)39)14-22(34)31-18(2)24-32-19(16-42-24)9-7-8-10-20(33)21(13-17)40-23(35)15-30-26(37)41-27(3,4)5/h7-10,13,16,18,21,38H,11-12,14-15H2,1-6H3,(H,30,37)(H,31,34)/b9-7-,10-8+,17-13+/t18?,21?,28-,29+,44?/m0/s1. The molecular weight excluding hydrogens is 631 g/mol. The van der Waals surface area contributed by atoms with Crippen molar-refractivity contribution in [3.05, 3.63) is 46.0 Å². The minimum Gasteiger partial charge on any atom is -0.604 e. The Morgan fingerprint density at radius 1 is 1.25 bits per heavy atom. The topological polar surface area (TPSA) is 184 Å². The molecule has 1 aromatic heterocycles. The van der Waals surface area contributed by atoms with Crippen LogP contribution in [-0.4, -0.2) is 72.1 Å². The molecule has 1 saturated heterocycles. The van der Waals surface area contributed by atoms with E-state index in [9.17, 15) is 33.6 Å². The van der Waals surface area contributed by atoms with Crippen molar-refractivity contribution in [3.8, 4) is 0 Å². The SMILES string of the molecule is C/C1=C\C(OC(=O)CNC(=O)OC(C)(C)C)C(=O)/C=C/C=C\c2csc(n2)C(C)NC(=O)C[C@@]2(CC1)[S+]([O-])SC(=O)[C@]2(C)O. The van der Waals surface area contributed by atoms with Crippen molar-refractivity contribution < 1.29 is 43.1 Å². The molecule has 2 bridgehead atoms. The summed E-state index contributed by atoms with van der Waals surface area (Å²) in [6.45, 7) is 9.09. The van der Waals surface area contributed by atoms with Crippen LogP contribution in [0.25, 0.3) is 6.08 Å². The summed E-state index contributed by atoms with van der Waals surface area (Å²) in [6, 6.07) is -0.493. The van der Waals surface area contributed by atoms with Gasteiger partial charge in [-0.05, 0) is 66.2 Å². The number of ketones is 1. The van der Waals surface area contributed by atoms with Crippen molar-refractivity contribution in [2.75, 3.05) is 6.54 Å². The lowest BCUT2D eigenvalue weighted by Gasteiger charge is -2.35. The van der Waals surface area contributed by atoms with Gasteiger partial charge >= 0.3 is 12.1 Å². The maximum Gasteiger partial charge on any atom is 0.408 e. The van der Waals surface area contributed by atoms with Crippen LogP contribution >= 0.6 is 22.1 Å². The maximum absolute atomic E-state index is 13.3. The molecule has 0 aliphatic carbocycles. The summed E-state index contributed by atoms with van der Waals surface area (Å²) in [5.41, 5.74) is -1.77. The summed E-state index contributed by atoms with van der Waals surface area (Å²) in [7, 11) is -1.47. The second-order valence-electron chi connectivity index (χ2n) is 11.6. The zero-order valence-electron chi connectivity index (χ0n) is 25.3. The fraction of sp³-hybridized carbons (Fsp3) is 0.517. The number of hydrogen-bond donors (Lipinski definition) is 3. The molecule has 5 atom stereocenters. The molecule has 2 amide bonds. The van der Waals surface area contributed by atoms with Crippen LogP contribution in [-0.2, 0) is 38.9 Å². The van der Waals surface area contributed by atoms with Gasteiger partial charge in [0.15, 0.2) is 33.0 Å². The molecule has 3 N–H and O–H groups in total. The first-order valence-corrected chi connectivity index (χ1v) is 17.1.